The minimum Gasteiger partial charge on any atom is -0.493 e. The second-order valence-electron chi connectivity index (χ2n) is 7.75. The Bertz CT molecular complexity index is 1240. The molecule has 0 unspecified atom stereocenters. The molecule has 3 aromatic rings. The van der Waals surface area contributed by atoms with Gasteiger partial charge >= 0.3 is 0 Å². The number of benzene rings is 3. The summed E-state index contributed by atoms with van der Waals surface area (Å²) in [7, 11) is 7.91. The Labute approximate surface area is 211 Å². The molecule has 0 fully saturated rings. The molecule has 0 aliphatic rings. The summed E-state index contributed by atoms with van der Waals surface area (Å²) < 4.78 is 27.5. The lowest BCUT2D eigenvalue weighted by atomic mass is 10.00. The zero-order chi connectivity index (χ0) is 26.1. The van der Waals surface area contributed by atoms with Gasteiger partial charge in [-0.2, -0.15) is 0 Å². The van der Waals surface area contributed by atoms with Crippen molar-refractivity contribution in [2.24, 2.45) is 0 Å². The van der Waals surface area contributed by atoms with Gasteiger partial charge in [-0.3, -0.25) is 4.79 Å². The number of hydrogen-bond acceptors (Lipinski definition) is 7. The molecular formula is C29H31NO6. The van der Waals surface area contributed by atoms with E-state index in [0.717, 1.165) is 16.7 Å². The van der Waals surface area contributed by atoms with Crippen LogP contribution in [0.1, 0.15) is 27.0 Å². The van der Waals surface area contributed by atoms with E-state index in [-0.39, 0.29) is 5.78 Å². The van der Waals surface area contributed by atoms with Gasteiger partial charge in [-0.1, -0.05) is 24.3 Å². The average Bonchev–Trinajstić information content (AvgIpc) is 2.91. The van der Waals surface area contributed by atoms with Gasteiger partial charge in [0.2, 0.25) is 5.75 Å². The first-order valence-electron chi connectivity index (χ1n) is 11.2. The highest BCUT2D eigenvalue weighted by molar-refractivity contribution is 6.04. The highest BCUT2D eigenvalue weighted by Crippen LogP contribution is 2.39. The average molecular weight is 490 g/mol. The Morgan fingerprint density at radius 2 is 1.36 bits per heavy atom. The maximum atomic E-state index is 12.6. The number of ketones is 1. The van der Waals surface area contributed by atoms with E-state index in [4.69, 9.17) is 29.4 Å². The lowest BCUT2D eigenvalue weighted by molar-refractivity contribution is 0.104. The van der Waals surface area contributed by atoms with Gasteiger partial charge in [0.15, 0.2) is 28.8 Å². The quantitative estimate of drug-likeness (QED) is 0.165. The largest absolute Gasteiger partial charge is 0.493 e. The van der Waals surface area contributed by atoms with Crippen LogP contribution in [0.25, 0.3) is 12.2 Å². The zero-order valence-electron chi connectivity index (χ0n) is 21.2. The van der Waals surface area contributed by atoms with Crippen molar-refractivity contribution in [2.75, 3.05) is 41.3 Å². The molecule has 2 N–H and O–H groups in total. The van der Waals surface area contributed by atoms with Crippen LogP contribution in [0.4, 0.5) is 5.69 Å². The molecule has 0 aromatic heterocycles. The maximum absolute atomic E-state index is 12.6. The number of ether oxygens (including phenoxy) is 5. The monoisotopic (exact) mass is 489 g/mol. The molecule has 3 rings (SSSR count). The molecule has 0 spiro atoms. The van der Waals surface area contributed by atoms with Crippen molar-refractivity contribution in [3.8, 4) is 28.7 Å². The van der Waals surface area contributed by atoms with Crippen molar-refractivity contribution in [1.29, 1.82) is 0 Å². The Hall–Kier alpha value is -4.39. The molecule has 7 nitrogen and oxygen atoms in total. The third-order valence-corrected chi connectivity index (χ3v) is 5.61. The molecule has 0 heterocycles. The predicted molar refractivity (Wildman–Crippen MR) is 143 cm³/mol. The van der Waals surface area contributed by atoms with Crippen LogP contribution in [-0.4, -0.2) is 41.3 Å². The van der Waals surface area contributed by atoms with Crippen molar-refractivity contribution in [1.82, 2.24) is 0 Å². The third kappa shape index (κ3) is 5.99. The molecule has 0 aliphatic heterocycles. The van der Waals surface area contributed by atoms with Gasteiger partial charge in [-0.15, -0.1) is 0 Å². The summed E-state index contributed by atoms with van der Waals surface area (Å²) in [5.74, 6) is 2.76. The number of nitrogen functional groups attached to an aromatic ring is 1. The third-order valence-electron chi connectivity index (χ3n) is 5.61. The van der Waals surface area contributed by atoms with Crippen molar-refractivity contribution in [3.63, 3.8) is 0 Å². The van der Waals surface area contributed by atoms with Crippen LogP contribution >= 0.6 is 0 Å². The number of carbonyl (C=O) groups excluding carboxylic acids is 1. The smallest absolute Gasteiger partial charge is 0.203 e. The second kappa shape index (κ2) is 12.4. The Kier molecular flexibility index (Phi) is 9.00. The van der Waals surface area contributed by atoms with Crippen LogP contribution in [0.3, 0.4) is 0 Å². The van der Waals surface area contributed by atoms with E-state index in [0.29, 0.717) is 46.4 Å². The summed E-state index contributed by atoms with van der Waals surface area (Å²) in [5.41, 5.74) is 9.54. The lowest BCUT2D eigenvalue weighted by Gasteiger charge is -2.15. The molecule has 0 saturated carbocycles. The SMILES string of the molecule is COc1cc(/C=C\c2ccc(OC)c(OC)c2C/C=C\C(=O)c2ccc(N)cc2)cc(OC)c1OC. The van der Waals surface area contributed by atoms with Crippen LogP contribution in [-0.2, 0) is 6.42 Å². The minimum absolute atomic E-state index is 0.105. The fourth-order valence-electron chi connectivity index (χ4n) is 3.78. The highest BCUT2D eigenvalue weighted by Gasteiger charge is 2.15. The number of anilines is 1. The van der Waals surface area contributed by atoms with Crippen LogP contribution in [0, 0.1) is 0 Å². The Morgan fingerprint density at radius 1 is 0.750 bits per heavy atom. The molecule has 0 aliphatic carbocycles. The van der Waals surface area contributed by atoms with E-state index in [2.05, 4.69) is 0 Å². The molecule has 3 aromatic carbocycles. The van der Waals surface area contributed by atoms with Crippen LogP contribution < -0.4 is 29.4 Å². The number of rotatable bonds is 11. The molecule has 7 heteroatoms. The topological polar surface area (TPSA) is 89.2 Å². The van der Waals surface area contributed by atoms with Crippen LogP contribution in [0.2, 0.25) is 0 Å². The molecule has 36 heavy (non-hydrogen) atoms. The maximum Gasteiger partial charge on any atom is 0.203 e. The van der Waals surface area contributed by atoms with Gasteiger partial charge in [0.25, 0.3) is 0 Å². The van der Waals surface area contributed by atoms with Crippen molar-refractivity contribution >= 4 is 23.6 Å². The minimum atomic E-state index is -0.105. The van der Waals surface area contributed by atoms with E-state index in [1.165, 1.54) is 0 Å². The lowest BCUT2D eigenvalue weighted by Crippen LogP contribution is -1.99. The molecule has 0 bridgehead atoms. The number of hydrogen-bond donors (Lipinski definition) is 1. The second-order valence-corrected chi connectivity index (χ2v) is 7.75. The number of methoxy groups -OCH3 is 5. The summed E-state index contributed by atoms with van der Waals surface area (Å²) in [6.07, 6.45) is 7.73. The van der Waals surface area contributed by atoms with E-state index >= 15 is 0 Å². The Morgan fingerprint density at radius 3 is 1.92 bits per heavy atom. The molecule has 0 atom stereocenters. The number of nitrogens with two attached hydrogens (primary N) is 1. The van der Waals surface area contributed by atoms with E-state index in [1.807, 2.05) is 42.5 Å². The van der Waals surface area contributed by atoms with Gasteiger partial charge in [-0.05, 0) is 66.1 Å². The molecular weight excluding hydrogens is 458 g/mol. The van der Waals surface area contributed by atoms with Crippen LogP contribution in [0.5, 0.6) is 28.7 Å². The summed E-state index contributed by atoms with van der Waals surface area (Å²) >= 11 is 0. The predicted octanol–water partition coefficient (Wildman–Crippen LogP) is 5.46. The Balaban J connectivity index is 1.95. The highest BCUT2D eigenvalue weighted by atomic mass is 16.5. The van der Waals surface area contributed by atoms with Crippen molar-refractivity contribution < 1.29 is 28.5 Å². The van der Waals surface area contributed by atoms with Gasteiger partial charge in [0, 0.05) is 16.8 Å². The first kappa shape index (κ1) is 26.2. The number of carbonyl (C=O) groups is 1. The molecule has 0 radical (unpaired) electrons. The fraction of sp³-hybridized carbons (Fsp3) is 0.207. The summed E-state index contributed by atoms with van der Waals surface area (Å²) in [6, 6.07) is 14.4. The van der Waals surface area contributed by atoms with Gasteiger partial charge in [0.05, 0.1) is 35.5 Å². The van der Waals surface area contributed by atoms with Crippen molar-refractivity contribution in [3.05, 3.63) is 82.9 Å². The standard InChI is InChI=1S/C29H31NO6/c1-32-25-16-13-20(10-9-19-17-26(33-2)29(36-5)27(18-19)34-3)23(28(25)35-4)7-6-8-24(31)21-11-14-22(30)15-12-21/h6,8-18H,7,30H2,1-5H3/b8-6-,10-9-. The number of allylic oxidation sites excluding steroid dienone is 2. The van der Waals surface area contributed by atoms with Crippen molar-refractivity contribution in [2.45, 2.75) is 6.42 Å². The fourth-order valence-corrected chi connectivity index (χ4v) is 3.78. The molecule has 0 saturated heterocycles. The van der Waals surface area contributed by atoms with Gasteiger partial charge < -0.3 is 29.4 Å². The summed E-state index contributed by atoms with van der Waals surface area (Å²) in [5, 5.41) is 0. The van der Waals surface area contributed by atoms with Crippen LogP contribution in [0.15, 0.2) is 60.7 Å². The normalized spacial score (nSPS) is 11.0. The first-order chi connectivity index (χ1) is 17.4. The summed E-state index contributed by atoms with van der Waals surface area (Å²) in [4.78, 5) is 12.6. The first-order valence-corrected chi connectivity index (χ1v) is 11.2. The molecule has 0 amide bonds. The van der Waals surface area contributed by atoms with E-state index < -0.39 is 0 Å². The summed E-state index contributed by atoms with van der Waals surface area (Å²) in [6.45, 7) is 0. The van der Waals surface area contributed by atoms with Gasteiger partial charge in [-0.25, -0.2) is 0 Å². The van der Waals surface area contributed by atoms with E-state index in [1.54, 1.807) is 65.9 Å². The zero-order valence-corrected chi connectivity index (χ0v) is 21.2. The van der Waals surface area contributed by atoms with E-state index in [9.17, 15) is 4.79 Å². The molecule has 188 valence electrons. The van der Waals surface area contributed by atoms with Gasteiger partial charge in [0.1, 0.15) is 0 Å².